The summed E-state index contributed by atoms with van der Waals surface area (Å²) >= 11 is 5.97. The van der Waals surface area contributed by atoms with Gasteiger partial charge in [-0.15, -0.1) is 0 Å². The quantitative estimate of drug-likeness (QED) is 0.373. The van der Waals surface area contributed by atoms with Crippen molar-refractivity contribution in [1.29, 1.82) is 0 Å². The van der Waals surface area contributed by atoms with Gasteiger partial charge in [0, 0.05) is 24.8 Å². The smallest absolute Gasteiger partial charge is 0.337 e. The highest BCUT2D eigenvalue weighted by Gasteiger charge is 2.16. The Balaban J connectivity index is 1.24. The van der Waals surface area contributed by atoms with Gasteiger partial charge in [0.1, 0.15) is 18.1 Å². The lowest BCUT2D eigenvalue weighted by Crippen LogP contribution is -2.21. The monoisotopic (exact) mass is 464 g/mol. The molecule has 1 aliphatic carbocycles. The van der Waals surface area contributed by atoms with E-state index in [1.807, 2.05) is 59.3 Å². The van der Waals surface area contributed by atoms with Crippen LogP contribution in [0.1, 0.15) is 25.7 Å². The molecule has 4 aromatic rings. The molecular weight excluding hydrogens is 440 g/mol. The zero-order valence-electron chi connectivity index (χ0n) is 18.1. The van der Waals surface area contributed by atoms with Gasteiger partial charge in [-0.1, -0.05) is 0 Å². The van der Waals surface area contributed by atoms with Gasteiger partial charge >= 0.3 is 5.69 Å². The molecule has 0 unspecified atom stereocenters. The summed E-state index contributed by atoms with van der Waals surface area (Å²) in [4.78, 5) is 17.0. The van der Waals surface area contributed by atoms with Gasteiger partial charge in [0.25, 0.3) is 0 Å². The standard InChI is InChI=1S/C25H25ClN4O3/c26-24-27-13-14-28(24)17-18-32-21-9-5-19(6-10-21)29-15-16-30(25(29)31)20-7-11-23(12-8-20)33-22-3-1-2-4-22/h5-16,22H,1-4,17-18H2. The van der Waals surface area contributed by atoms with Crippen molar-refractivity contribution in [2.45, 2.75) is 38.3 Å². The van der Waals surface area contributed by atoms with Crippen molar-refractivity contribution >= 4 is 11.6 Å². The van der Waals surface area contributed by atoms with Crippen LogP contribution in [-0.4, -0.2) is 31.4 Å². The molecule has 5 rings (SSSR count). The molecule has 0 spiro atoms. The Morgan fingerprint density at radius 2 is 1.48 bits per heavy atom. The maximum atomic E-state index is 13.0. The van der Waals surface area contributed by atoms with Crippen LogP contribution >= 0.6 is 11.6 Å². The predicted molar refractivity (Wildman–Crippen MR) is 127 cm³/mol. The molecule has 2 aromatic carbocycles. The summed E-state index contributed by atoms with van der Waals surface area (Å²) in [5.41, 5.74) is 1.43. The Hall–Kier alpha value is -3.45. The maximum Gasteiger partial charge on any atom is 0.337 e. The molecular formula is C25H25ClN4O3. The third-order valence-corrected chi connectivity index (χ3v) is 6.19. The summed E-state index contributed by atoms with van der Waals surface area (Å²) in [6.45, 7) is 1.07. The molecule has 33 heavy (non-hydrogen) atoms. The van der Waals surface area contributed by atoms with Crippen LogP contribution in [0.15, 0.2) is 78.1 Å². The molecule has 0 bridgehead atoms. The van der Waals surface area contributed by atoms with Crippen molar-refractivity contribution in [2.75, 3.05) is 6.61 Å². The van der Waals surface area contributed by atoms with Crippen LogP contribution in [0.2, 0.25) is 5.28 Å². The fourth-order valence-electron chi connectivity index (χ4n) is 4.10. The van der Waals surface area contributed by atoms with Crippen LogP contribution in [-0.2, 0) is 6.54 Å². The fourth-order valence-corrected chi connectivity index (χ4v) is 4.29. The first-order chi connectivity index (χ1) is 16.2. The minimum absolute atomic E-state index is 0.136. The average Bonchev–Trinajstić information content (AvgIpc) is 3.58. The van der Waals surface area contributed by atoms with Gasteiger partial charge in [0.15, 0.2) is 0 Å². The molecule has 1 saturated carbocycles. The minimum Gasteiger partial charge on any atom is -0.492 e. The Morgan fingerprint density at radius 1 is 0.879 bits per heavy atom. The second-order valence-corrected chi connectivity index (χ2v) is 8.41. The molecule has 8 heteroatoms. The molecule has 2 aromatic heterocycles. The fraction of sp³-hybridized carbons (Fsp3) is 0.280. The van der Waals surface area contributed by atoms with Crippen molar-refractivity contribution < 1.29 is 9.47 Å². The van der Waals surface area contributed by atoms with Gasteiger partial charge in [0.05, 0.1) is 24.0 Å². The van der Waals surface area contributed by atoms with E-state index in [9.17, 15) is 4.79 Å². The Kier molecular flexibility index (Phi) is 6.21. The van der Waals surface area contributed by atoms with Gasteiger partial charge < -0.3 is 14.0 Å². The third-order valence-electron chi connectivity index (χ3n) is 5.88. The van der Waals surface area contributed by atoms with Crippen LogP contribution in [0, 0.1) is 0 Å². The lowest BCUT2D eigenvalue weighted by molar-refractivity contribution is 0.210. The Bertz CT molecular complexity index is 1250. The molecule has 0 radical (unpaired) electrons. The van der Waals surface area contributed by atoms with E-state index in [0.29, 0.717) is 24.5 Å². The Morgan fingerprint density at radius 3 is 2.06 bits per heavy atom. The molecule has 0 atom stereocenters. The van der Waals surface area contributed by atoms with Gasteiger partial charge in [-0.2, -0.15) is 0 Å². The summed E-state index contributed by atoms with van der Waals surface area (Å²) < 4.78 is 16.8. The van der Waals surface area contributed by atoms with Crippen molar-refractivity contribution in [3.05, 3.63) is 89.1 Å². The molecule has 1 fully saturated rings. The van der Waals surface area contributed by atoms with Crippen molar-refractivity contribution in [3.63, 3.8) is 0 Å². The topological polar surface area (TPSA) is 63.2 Å². The number of rotatable bonds is 8. The number of nitrogens with zero attached hydrogens (tertiary/aromatic N) is 4. The zero-order valence-corrected chi connectivity index (χ0v) is 18.9. The molecule has 0 aliphatic heterocycles. The highest BCUT2D eigenvalue weighted by molar-refractivity contribution is 6.28. The molecule has 1 aliphatic rings. The van der Waals surface area contributed by atoms with Gasteiger partial charge in [0.2, 0.25) is 5.28 Å². The van der Waals surface area contributed by atoms with E-state index in [0.717, 1.165) is 35.7 Å². The largest absolute Gasteiger partial charge is 0.492 e. The van der Waals surface area contributed by atoms with Crippen LogP contribution < -0.4 is 15.2 Å². The normalized spacial score (nSPS) is 14.0. The number of hydrogen-bond donors (Lipinski definition) is 0. The Labute approximate surface area is 196 Å². The first-order valence-electron chi connectivity index (χ1n) is 11.1. The summed E-state index contributed by atoms with van der Waals surface area (Å²) in [7, 11) is 0. The lowest BCUT2D eigenvalue weighted by Gasteiger charge is -2.13. The first kappa shape index (κ1) is 21.4. The van der Waals surface area contributed by atoms with Crippen LogP contribution in [0.3, 0.4) is 0 Å². The number of imidazole rings is 2. The molecule has 0 saturated heterocycles. The molecule has 0 amide bonds. The first-order valence-corrected chi connectivity index (χ1v) is 11.5. The van der Waals surface area contributed by atoms with Gasteiger partial charge in [-0.3, -0.25) is 9.13 Å². The van der Waals surface area contributed by atoms with E-state index in [-0.39, 0.29) is 5.69 Å². The van der Waals surface area contributed by atoms with E-state index < -0.39 is 0 Å². The molecule has 7 nitrogen and oxygen atoms in total. The summed E-state index contributed by atoms with van der Waals surface area (Å²) in [5, 5.41) is 0.439. The number of halogens is 1. The minimum atomic E-state index is -0.136. The van der Waals surface area contributed by atoms with E-state index >= 15 is 0 Å². The van der Waals surface area contributed by atoms with Crippen LogP contribution in [0.4, 0.5) is 0 Å². The average molecular weight is 465 g/mol. The van der Waals surface area contributed by atoms with E-state index in [4.69, 9.17) is 21.1 Å². The summed E-state index contributed by atoms with van der Waals surface area (Å²) in [6.07, 6.45) is 12.0. The number of hydrogen-bond acceptors (Lipinski definition) is 4. The third kappa shape index (κ3) is 4.83. The predicted octanol–water partition coefficient (Wildman–Crippen LogP) is 4.88. The SMILES string of the molecule is O=c1n(-c2ccc(OCCn3ccnc3Cl)cc2)ccn1-c1ccc(OC2CCCC2)cc1. The maximum absolute atomic E-state index is 13.0. The summed E-state index contributed by atoms with van der Waals surface area (Å²) in [5.74, 6) is 1.57. The van der Waals surface area contributed by atoms with Crippen LogP contribution in [0.25, 0.3) is 11.4 Å². The zero-order chi connectivity index (χ0) is 22.6. The van der Waals surface area contributed by atoms with Crippen molar-refractivity contribution in [1.82, 2.24) is 18.7 Å². The van der Waals surface area contributed by atoms with E-state index in [1.54, 1.807) is 27.7 Å². The molecule has 170 valence electrons. The van der Waals surface area contributed by atoms with Gasteiger partial charge in [-0.05, 0) is 85.8 Å². The summed E-state index contributed by atoms with van der Waals surface area (Å²) in [6, 6.07) is 15.1. The van der Waals surface area contributed by atoms with Crippen molar-refractivity contribution in [3.8, 4) is 22.9 Å². The van der Waals surface area contributed by atoms with Crippen molar-refractivity contribution in [2.24, 2.45) is 0 Å². The van der Waals surface area contributed by atoms with Crippen LogP contribution in [0.5, 0.6) is 11.5 Å². The lowest BCUT2D eigenvalue weighted by atomic mass is 10.2. The second kappa shape index (κ2) is 9.58. The second-order valence-electron chi connectivity index (χ2n) is 8.07. The number of aromatic nitrogens is 4. The van der Waals surface area contributed by atoms with E-state index in [2.05, 4.69) is 4.98 Å². The highest BCUT2D eigenvalue weighted by atomic mass is 35.5. The van der Waals surface area contributed by atoms with E-state index in [1.165, 1.54) is 12.8 Å². The number of ether oxygens (including phenoxy) is 2. The molecule has 2 heterocycles. The highest BCUT2D eigenvalue weighted by Crippen LogP contribution is 2.24. The molecule has 0 N–H and O–H groups in total. The van der Waals surface area contributed by atoms with Gasteiger partial charge in [-0.25, -0.2) is 9.78 Å². The number of benzene rings is 2.